The average Bonchev–Trinajstić information content (AvgIpc) is 3.46. The number of nitrogens with one attached hydrogen (secondary N) is 1. The van der Waals surface area contributed by atoms with Gasteiger partial charge in [0, 0.05) is 54.6 Å². The SMILES string of the molecule is COc1cc(-c2cnn(C)c2)ccc1Cc1ncc2ccnc(NC3CCCC3)c2n1. The summed E-state index contributed by atoms with van der Waals surface area (Å²) >= 11 is 0. The quantitative estimate of drug-likeness (QED) is 0.505. The van der Waals surface area contributed by atoms with Crippen molar-refractivity contribution in [3.8, 4) is 16.9 Å². The van der Waals surface area contributed by atoms with Gasteiger partial charge in [0.1, 0.15) is 17.1 Å². The molecule has 0 amide bonds. The molecule has 1 saturated carbocycles. The number of rotatable bonds is 6. The Hall–Kier alpha value is -3.48. The van der Waals surface area contributed by atoms with E-state index in [-0.39, 0.29) is 0 Å². The molecule has 4 aromatic rings. The Morgan fingerprint density at radius 2 is 1.97 bits per heavy atom. The van der Waals surface area contributed by atoms with Gasteiger partial charge in [-0.15, -0.1) is 0 Å². The molecule has 0 bridgehead atoms. The van der Waals surface area contributed by atoms with E-state index in [9.17, 15) is 0 Å². The summed E-state index contributed by atoms with van der Waals surface area (Å²) in [6.45, 7) is 0. The summed E-state index contributed by atoms with van der Waals surface area (Å²) in [5, 5.41) is 8.85. The van der Waals surface area contributed by atoms with Crippen molar-refractivity contribution in [2.24, 2.45) is 7.05 Å². The monoisotopic (exact) mass is 414 g/mol. The molecule has 0 unspecified atom stereocenters. The summed E-state index contributed by atoms with van der Waals surface area (Å²) in [4.78, 5) is 14.0. The number of benzene rings is 1. The molecule has 1 fully saturated rings. The Kier molecular flexibility index (Phi) is 5.24. The highest BCUT2D eigenvalue weighted by atomic mass is 16.5. The number of pyridine rings is 1. The van der Waals surface area contributed by atoms with Crippen LogP contribution >= 0.6 is 0 Å². The smallest absolute Gasteiger partial charge is 0.152 e. The van der Waals surface area contributed by atoms with Crippen LogP contribution in [-0.4, -0.2) is 37.9 Å². The molecule has 5 rings (SSSR count). The van der Waals surface area contributed by atoms with Crippen LogP contribution in [0, 0.1) is 0 Å². The van der Waals surface area contributed by atoms with Crippen LogP contribution in [0.3, 0.4) is 0 Å². The van der Waals surface area contributed by atoms with E-state index in [2.05, 4.69) is 32.5 Å². The molecule has 3 aromatic heterocycles. The van der Waals surface area contributed by atoms with Gasteiger partial charge in [0.05, 0.1) is 13.3 Å². The first-order chi connectivity index (χ1) is 15.2. The topological polar surface area (TPSA) is 77.8 Å². The molecule has 1 N–H and O–H groups in total. The minimum Gasteiger partial charge on any atom is -0.496 e. The van der Waals surface area contributed by atoms with Crippen molar-refractivity contribution in [2.75, 3.05) is 12.4 Å². The van der Waals surface area contributed by atoms with Gasteiger partial charge in [0.15, 0.2) is 5.82 Å². The minimum atomic E-state index is 0.483. The van der Waals surface area contributed by atoms with Gasteiger partial charge in [-0.2, -0.15) is 5.10 Å². The van der Waals surface area contributed by atoms with Crippen molar-refractivity contribution in [1.82, 2.24) is 24.7 Å². The molecule has 31 heavy (non-hydrogen) atoms. The Morgan fingerprint density at radius 1 is 1.10 bits per heavy atom. The second-order valence-corrected chi connectivity index (χ2v) is 8.12. The van der Waals surface area contributed by atoms with E-state index in [1.807, 2.05) is 44.0 Å². The van der Waals surface area contributed by atoms with Crippen molar-refractivity contribution in [2.45, 2.75) is 38.1 Å². The lowest BCUT2D eigenvalue weighted by Crippen LogP contribution is -2.16. The summed E-state index contributed by atoms with van der Waals surface area (Å²) in [5.41, 5.74) is 4.05. The highest BCUT2D eigenvalue weighted by molar-refractivity contribution is 5.87. The predicted molar refractivity (Wildman–Crippen MR) is 121 cm³/mol. The third-order valence-corrected chi connectivity index (χ3v) is 5.92. The van der Waals surface area contributed by atoms with E-state index >= 15 is 0 Å². The zero-order valence-corrected chi connectivity index (χ0v) is 17.9. The molecular weight excluding hydrogens is 388 g/mol. The zero-order valence-electron chi connectivity index (χ0n) is 17.9. The highest BCUT2D eigenvalue weighted by Crippen LogP contribution is 2.29. The van der Waals surface area contributed by atoms with E-state index < -0.39 is 0 Å². The Labute approximate surface area is 181 Å². The van der Waals surface area contributed by atoms with Gasteiger partial charge in [-0.25, -0.2) is 15.0 Å². The summed E-state index contributed by atoms with van der Waals surface area (Å²) in [5.74, 6) is 2.43. The van der Waals surface area contributed by atoms with Crippen LogP contribution in [0.4, 0.5) is 5.82 Å². The predicted octanol–water partition coefficient (Wildman–Crippen LogP) is 4.38. The van der Waals surface area contributed by atoms with Gasteiger partial charge >= 0.3 is 0 Å². The standard InChI is InChI=1S/C24H26N6O/c1-30-15-19(14-27-30)16-7-8-17(21(11-16)31-2)12-22-26-13-18-9-10-25-24(23(18)29-22)28-20-5-3-4-6-20/h7-11,13-15,20H,3-6,12H2,1-2H3,(H,25,28). The molecule has 158 valence electrons. The van der Waals surface area contributed by atoms with Crippen LogP contribution in [0.2, 0.25) is 0 Å². The Morgan fingerprint density at radius 3 is 2.74 bits per heavy atom. The number of nitrogens with zero attached hydrogens (tertiary/aromatic N) is 5. The van der Waals surface area contributed by atoms with E-state index in [1.165, 1.54) is 25.7 Å². The molecule has 1 aliphatic carbocycles. The molecule has 7 heteroatoms. The average molecular weight is 415 g/mol. The van der Waals surface area contributed by atoms with E-state index in [4.69, 9.17) is 9.72 Å². The van der Waals surface area contributed by atoms with Crippen molar-refractivity contribution in [3.63, 3.8) is 0 Å². The van der Waals surface area contributed by atoms with Gasteiger partial charge in [-0.1, -0.05) is 25.0 Å². The van der Waals surface area contributed by atoms with Crippen molar-refractivity contribution >= 4 is 16.7 Å². The van der Waals surface area contributed by atoms with Gasteiger partial charge in [0.25, 0.3) is 0 Å². The fourth-order valence-corrected chi connectivity index (χ4v) is 4.26. The summed E-state index contributed by atoms with van der Waals surface area (Å²) in [6, 6.07) is 8.65. The lowest BCUT2D eigenvalue weighted by Gasteiger charge is -2.14. The largest absolute Gasteiger partial charge is 0.496 e. The molecule has 3 heterocycles. The number of anilines is 1. The first-order valence-electron chi connectivity index (χ1n) is 10.7. The third-order valence-electron chi connectivity index (χ3n) is 5.92. The lowest BCUT2D eigenvalue weighted by atomic mass is 10.0. The van der Waals surface area contributed by atoms with Gasteiger partial charge < -0.3 is 10.1 Å². The van der Waals surface area contributed by atoms with Crippen LogP contribution < -0.4 is 10.1 Å². The van der Waals surface area contributed by atoms with E-state index in [1.54, 1.807) is 11.8 Å². The summed E-state index contributed by atoms with van der Waals surface area (Å²) in [6.07, 6.45) is 13.1. The van der Waals surface area contributed by atoms with Crippen molar-refractivity contribution in [3.05, 3.63) is 60.4 Å². The van der Waals surface area contributed by atoms with Crippen molar-refractivity contribution in [1.29, 1.82) is 0 Å². The first-order valence-corrected chi connectivity index (χ1v) is 10.7. The molecule has 1 aromatic carbocycles. The lowest BCUT2D eigenvalue weighted by molar-refractivity contribution is 0.410. The maximum Gasteiger partial charge on any atom is 0.152 e. The number of ether oxygens (including phenoxy) is 1. The Bertz CT molecular complexity index is 1210. The fraction of sp³-hybridized carbons (Fsp3) is 0.333. The molecule has 0 atom stereocenters. The maximum atomic E-state index is 5.68. The second-order valence-electron chi connectivity index (χ2n) is 8.12. The number of aromatic nitrogens is 5. The second kappa shape index (κ2) is 8.34. The number of aryl methyl sites for hydroxylation is 1. The Balaban J connectivity index is 1.44. The van der Waals surface area contributed by atoms with Crippen LogP contribution in [0.5, 0.6) is 5.75 Å². The van der Waals surface area contributed by atoms with Crippen LogP contribution in [-0.2, 0) is 13.5 Å². The highest BCUT2D eigenvalue weighted by Gasteiger charge is 2.17. The van der Waals surface area contributed by atoms with Crippen LogP contribution in [0.1, 0.15) is 37.1 Å². The van der Waals surface area contributed by atoms with E-state index in [0.29, 0.717) is 12.5 Å². The third kappa shape index (κ3) is 4.08. The molecule has 1 aliphatic rings. The molecule has 0 aliphatic heterocycles. The number of fused-ring (bicyclic) bond motifs is 1. The van der Waals surface area contributed by atoms with Gasteiger partial charge in [-0.05, 0) is 30.5 Å². The summed E-state index contributed by atoms with van der Waals surface area (Å²) in [7, 11) is 3.61. The van der Waals surface area contributed by atoms with Crippen LogP contribution in [0.15, 0.2) is 49.1 Å². The van der Waals surface area contributed by atoms with Crippen molar-refractivity contribution < 1.29 is 4.74 Å². The normalized spacial score (nSPS) is 14.3. The molecule has 0 saturated heterocycles. The molecule has 0 radical (unpaired) electrons. The number of hydrogen-bond acceptors (Lipinski definition) is 6. The molecular formula is C24H26N6O. The zero-order chi connectivity index (χ0) is 21.2. The summed E-state index contributed by atoms with van der Waals surface area (Å²) < 4.78 is 7.47. The molecule has 7 nitrogen and oxygen atoms in total. The fourth-order valence-electron chi connectivity index (χ4n) is 4.26. The first kappa shape index (κ1) is 19.5. The van der Waals surface area contributed by atoms with Crippen LogP contribution in [0.25, 0.3) is 22.0 Å². The van der Waals surface area contributed by atoms with E-state index in [0.717, 1.165) is 45.0 Å². The van der Waals surface area contributed by atoms with Gasteiger partial charge in [-0.3, -0.25) is 4.68 Å². The maximum absolute atomic E-state index is 5.68. The minimum absolute atomic E-state index is 0.483. The number of methoxy groups -OCH3 is 1. The number of hydrogen-bond donors (Lipinski definition) is 1. The van der Waals surface area contributed by atoms with Gasteiger partial charge in [0.2, 0.25) is 0 Å². The molecule has 0 spiro atoms.